The maximum absolute atomic E-state index is 5.04. The van der Waals surface area contributed by atoms with Crippen molar-refractivity contribution in [2.75, 3.05) is 0 Å². The molecule has 3 aliphatic heterocycles. The topological polar surface area (TPSA) is 73.5 Å². The zero-order chi connectivity index (χ0) is 17.8. The number of nitrogens with one attached hydrogen (secondary N) is 1. The predicted octanol–water partition coefficient (Wildman–Crippen LogP) is 1.93. The highest BCUT2D eigenvalue weighted by atomic mass is 15.3. The summed E-state index contributed by atoms with van der Waals surface area (Å²) < 4.78 is 4.50. The van der Waals surface area contributed by atoms with Crippen LogP contribution in [-0.2, 0) is 39.0 Å². The third kappa shape index (κ3) is 2.60. The number of hydrogen-bond donors (Lipinski definition) is 1. The SMILES string of the molecule is c1cc2n(n1)CC(c1cn3c(n1)CC(c1cnc4c(n1)CNC4)CC3)CC2. The summed E-state index contributed by atoms with van der Waals surface area (Å²) >= 11 is 0. The van der Waals surface area contributed by atoms with Crippen LogP contribution in [0.4, 0.5) is 0 Å². The van der Waals surface area contributed by atoms with Crippen molar-refractivity contribution in [2.45, 2.75) is 63.7 Å². The molecule has 3 aromatic heterocycles. The molecular weight excluding hydrogens is 338 g/mol. The Morgan fingerprint density at radius 1 is 1.04 bits per heavy atom. The fourth-order valence-electron chi connectivity index (χ4n) is 4.75. The van der Waals surface area contributed by atoms with Gasteiger partial charge in [-0.25, -0.2) is 4.98 Å². The van der Waals surface area contributed by atoms with Crippen molar-refractivity contribution >= 4 is 0 Å². The van der Waals surface area contributed by atoms with Crippen molar-refractivity contribution < 1.29 is 0 Å². The number of aryl methyl sites for hydroxylation is 2. The van der Waals surface area contributed by atoms with Gasteiger partial charge in [-0.1, -0.05) is 0 Å². The van der Waals surface area contributed by atoms with Gasteiger partial charge >= 0.3 is 0 Å². The Bertz CT molecular complexity index is 1000. The van der Waals surface area contributed by atoms with Gasteiger partial charge in [-0.2, -0.15) is 5.10 Å². The molecule has 0 amide bonds. The maximum Gasteiger partial charge on any atom is 0.109 e. The first-order valence-electron chi connectivity index (χ1n) is 9.95. The fraction of sp³-hybridized carbons (Fsp3) is 0.500. The van der Waals surface area contributed by atoms with Crippen molar-refractivity contribution in [3.8, 4) is 0 Å². The van der Waals surface area contributed by atoms with E-state index in [0.717, 1.165) is 68.9 Å². The molecule has 0 aromatic carbocycles. The highest BCUT2D eigenvalue weighted by Gasteiger charge is 2.28. The molecule has 0 fully saturated rings. The summed E-state index contributed by atoms with van der Waals surface area (Å²) in [5, 5.41) is 7.79. The predicted molar refractivity (Wildman–Crippen MR) is 99.2 cm³/mol. The first-order chi connectivity index (χ1) is 13.3. The van der Waals surface area contributed by atoms with E-state index in [2.05, 4.69) is 36.9 Å². The highest BCUT2D eigenvalue weighted by Crippen LogP contribution is 2.32. The summed E-state index contributed by atoms with van der Waals surface area (Å²) in [4.78, 5) is 14.6. The molecule has 0 bridgehead atoms. The van der Waals surface area contributed by atoms with Gasteiger partial charge in [-0.05, 0) is 25.3 Å². The molecule has 1 N–H and O–H groups in total. The second-order valence-electron chi connectivity index (χ2n) is 8.00. The van der Waals surface area contributed by atoms with Crippen LogP contribution < -0.4 is 5.32 Å². The number of nitrogens with zero attached hydrogens (tertiary/aromatic N) is 6. The Balaban J connectivity index is 1.24. The quantitative estimate of drug-likeness (QED) is 0.755. The van der Waals surface area contributed by atoms with E-state index < -0.39 is 0 Å². The summed E-state index contributed by atoms with van der Waals surface area (Å²) in [6, 6.07) is 2.13. The lowest BCUT2D eigenvalue weighted by atomic mass is 9.94. The van der Waals surface area contributed by atoms with E-state index in [9.17, 15) is 0 Å². The van der Waals surface area contributed by atoms with Crippen molar-refractivity contribution in [1.82, 2.24) is 34.6 Å². The lowest BCUT2D eigenvalue weighted by Crippen LogP contribution is -2.19. The monoisotopic (exact) mass is 361 g/mol. The number of imidazole rings is 1. The summed E-state index contributed by atoms with van der Waals surface area (Å²) in [5.41, 5.74) is 5.94. The van der Waals surface area contributed by atoms with Crippen molar-refractivity contribution in [3.05, 3.63) is 59.0 Å². The molecule has 27 heavy (non-hydrogen) atoms. The van der Waals surface area contributed by atoms with E-state index in [1.807, 2.05) is 12.4 Å². The van der Waals surface area contributed by atoms with Gasteiger partial charge in [-0.3, -0.25) is 14.6 Å². The molecule has 2 unspecified atom stereocenters. The third-order valence-corrected chi connectivity index (χ3v) is 6.34. The van der Waals surface area contributed by atoms with Crippen molar-refractivity contribution in [3.63, 3.8) is 0 Å². The van der Waals surface area contributed by atoms with Crippen molar-refractivity contribution in [2.24, 2.45) is 0 Å². The number of hydrogen-bond acceptors (Lipinski definition) is 5. The minimum atomic E-state index is 0.426. The molecule has 6 rings (SSSR count). The zero-order valence-electron chi connectivity index (χ0n) is 15.3. The van der Waals surface area contributed by atoms with E-state index in [1.165, 1.54) is 17.2 Å². The van der Waals surface area contributed by atoms with Crippen LogP contribution in [0.25, 0.3) is 0 Å². The Labute approximate surface area is 157 Å². The third-order valence-electron chi connectivity index (χ3n) is 6.34. The molecule has 7 nitrogen and oxygen atoms in total. The van der Waals surface area contributed by atoms with E-state index >= 15 is 0 Å². The van der Waals surface area contributed by atoms with Gasteiger partial charge in [0, 0.05) is 68.7 Å². The standard InChI is InChI=1S/C20H23N7/c1-2-15-3-5-23-27(15)11-14(1)19-12-26-6-4-13(7-20(26)25-19)16-10-22-17-8-21-9-18(17)24-16/h3,5,10,12-14,21H,1-2,4,6-9,11H2. The van der Waals surface area contributed by atoms with Crippen LogP contribution in [0.1, 0.15) is 59.0 Å². The second kappa shape index (κ2) is 5.99. The Morgan fingerprint density at radius 3 is 3.00 bits per heavy atom. The summed E-state index contributed by atoms with van der Waals surface area (Å²) in [5.74, 6) is 2.10. The zero-order valence-corrected chi connectivity index (χ0v) is 15.3. The molecular formula is C20H23N7. The summed E-state index contributed by atoms with van der Waals surface area (Å²) in [6.45, 7) is 3.66. The van der Waals surface area contributed by atoms with Crippen LogP contribution in [0.15, 0.2) is 24.7 Å². The van der Waals surface area contributed by atoms with Crippen LogP contribution in [0.5, 0.6) is 0 Å². The molecule has 0 aliphatic carbocycles. The van der Waals surface area contributed by atoms with Crippen LogP contribution in [-0.4, -0.2) is 29.3 Å². The normalized spacial score (nSPS) is 23.7. The van der Waals surface area contributed by atoms with Gasteiger partial charge < -0.3 is 9.88 Å². The van der Waals surface area contributed by atoms with Crippen LogP contribution in [0, 0.1) is 0 Å². The lowest BCUT2D eigenvalue weighted by Gasteiger charge is -2.22. The highest BCUT2D eigenvalue weighted by molar-refractivity contribution is 5.22. The van der Waals surface area contributed by atoms with E-state index in [4.69, 9.17) is 9.97 Å². The molecule has 0 saturated carbocycles. The molecule has 138 valence electrons. The summed E-state index contributed by atoms with van der Waals surface area (Å²) in [6.07, 6.45) is 10.5. The van der Waals surface area contributed by atoms with Gasteiger partial charge in [-0.15, -0.1) is 0 Å². The van der Waals surface area contributed by atoms with Gasteiger partial charge in [0.15, 0.2) is 0 Å². The van der Waals surface area contributed by atoms with Crippen molar-refractivity contribution in [1.29, 1.82) is 0 Å². The smallest absolute Gasteiger partial charge is 0.109 e. The maximum atomic E-state index is 5.04. The average molecular weight is 361 g/mol. The van der Waals surface area contributed by atoms with E-state index in [0.29, 0.717) is 11.8 Å². The molecule has 7 heteroatoms. The van der Waals surface area contributed by atoms with E-state index in [1.54, 1.807) is 0 Å². The average Bonchev–Trinajstić information content (AvgIpc) is 3.44. The minimum absolute atomic E-state index is 0.426. The number of rotatable bonds is 2. The minimum Gasteiger partial charge on any atom is -0.335 e. The summed E-state index contributed by atoms with van der Waals surface area (Å²) in [7, 11) is 0. The van der Waals surface area contributed by atoms with Gasteiger partial charge in [0.2, 0.25) is 0 Å². The van der Waals surface area contributed by atoms with Crippen LogP contribution >= 0.6 is 0 Å². The molecule has 3 aliphatic rings. The molecule has 6 heterocycles. The first-order valence-corrected chi connectivity index (χ1v) is 9.95. The first kappa shape index (κ1) is 15.5. The van der Waals surface area contributed by atoms with Gasteiger partial charge in [0.05, 0.1) is 22.8 Å². The number of aromatic nitrogens is 6. The van der Waals surface area contributed by atoms with Gasteiger partial charge in [0.1, 0.15) is 5.82 Å². The van der Waals surface area contributed by atoms with E-state index in [-0.39, 0.29) is 0 Å². The van der Waals surface area contributed by atoms with Crippen LogP contribution in [0.3, 0.4) is 0 Å². The lowest BCUT2D eigenvalue weighted by molar-refractivity contribution is 0.422. The molecule has 0 spiro atoms. The molecule has 2 atom stereocenters. The fourth-order valence-corrected chi connectivity index (χ4v) is 4.75. The molecule has 0 saturated heterocycles. The van der Waals surface area contributed by atoms with Crippen LogP contribution in [0.2, 0.25) is 0 Å². The molecule has 3 aromatic rings. The number of fused-ring (bicyclic) bond motifs is 3. The largest absolute Gasteiger partial charge is 0.335 e. The Morgan fingerprint density at radius 2 is 2.00 bits per heavy atom. The Hall–Kier alpha value is -2.54. The molecule has 0 radical (unpaired) electrons. The van der Waals surface area contributed by atoms with Gasteiger partial charge in [0.25, 0.3) is 0 Å². The second-order valence-corrected chi connectivity index (χ2v) is 8.00. The Kier molecular flexibility index (Phi) is 3.44.